The smallest absolute Gasteiger partial charge is 0.410 e. The Morgan fingerprint density at radius 3 is 2.03 bits per heavy atom. The number of hydrogen-bond acceptors (Lipinski definition) is 7. The molecule has 2 unspecified atom stereocenters. The van der Waals surface area contributed by atoms with E-state index in [4.69, 9.17) is 20.2 Å². The number of nitrogens with zero attached hydrogens (tertiary/aromatic N) is 2. The third-order valence-corrected chi connectivity index (χ3v) is 7.50. The van der Waals surface area contributed by atoms with Crippen LogP contribution in [-0.4, -0.2) is 59.7 Å². The molecule has 8 nitrogen and oxygen atoms in total. The molecule has 3 fully saturated rings. The summed E-state index contributed by atoms with van der Waals surface area (Å²) in [6, 6.07) is 6.20. The Morgan fingerprint density at radius 1 is 1.03 bits per heavy atom. The van der Waals surface area contributed by atoms with Crippen molar-refractivity contribution in [3.8, 4) is 11.8 Å². The third-order valence-electron chi connectivity index (χ3n) is 6.39. The van der Waals surface area contributed by atoms with E-state index in [-0.39, 0.29) is 34.0 Å². The molecule has 0 radical (unpaired) electrons. The summed E-state index contributed by atoms with van der Waals surface area (Å²) in [5.74, 6) is -0.213. The number of carbonyl (C=O) groups excluding carboxylic acids is 1. The zero-order chi connectivity index (χ0) is 26.2. The first-order valence-electron chi connectivity index (χ1n) is 12.4. The minimum Gasteiger partial charge on any atom is -0.507 e. The fourth-order valence-corrected chi connectivity index (χ4v) is 5.29. The van der Waals surface area contributed by atoms with Crippen molar-refractivity contribution in [2.24, 2.45) is 0 Å². The maximum atomic E-state index is 12.0. The van der Waals surface area contributed by atoms with Crippen LogP contribution < -0.4 is 0 Å². The van der Waals surface area contributed by atoms with Gasteiger partial charge in [-0.05, 0) is 83.9 Å². The largest absolute Gasteiger partial charge is 0.507 e. The van der Waals surface area contributed by atoms with Gasteiger partial charge < -0.3 is 19.8 Å². The van der Waals surface area contributed by atoms with E-state index >= 15 is 0 Å². The number of amides is 1. The molecule has 3 aliphatic rings. The van der Waals surface area contributed by atoms with Crippen molar-refractivity contribution >= 4 is 15.9 Å². The molecular weight excluding hydrogens is 468 g/mol. The molecule has 2 bridgehead atoms. The SMILES string of the molecule is CC(C)(C)OC(=O)N1C2CCCC1CC2.CS(=O)(=O)c1ccc(O)c(C#N)c1.OC1CCCCC1. The highest BCUT2D eigenvalue weighted by Crippen LogP contribution is 2.36. The van der Waals surface area contributed by atoms with Crippen LogP contribution in [0.2, 0.25) is 0 Å². The Bertz CT molecular complexity index is 974. The lowest BCUT2D eigenvalue weighted by Crippen LogP contribution is -2.46. The number of aliphatic hydroxyl groups excluding tert-OH is 1. The van der Waals surface area contributed by atoms with E-state index in [1.54, 1.807) is 6.07 Å². The van der Waals surface area contributed by atoms with Gasteiger partial charge in [-0.1, -0.05) is 19.3 Å². The number of aliphatic hydroxyl groups is 1. The van der Waals surface area contributed by atoms with Gasteiger partial charge >= 0.3 is 6.09 Å². The molecule has 1 aliphatic carbocycles. The van der Waals surface area contributed by atoms with Gasteiger partial charge in [0.1, 0.15) is 17.4 Å². The second kappa shape index (κ2) is 12.6. The normalized spacial score (nSPS) is 22.1. The van der Waals surface area contributed by atoms with Gasteiger partial charge in [0.25, 0.3) is 0 Å². The van der Waals surface area contributed by atoms with Crippen molar-refractivity contribution in [1.29, 1.82) is 5.26 Å². The molecule has 4 rings (SSSR count). The van der Waals surface area contributed by atoms with E-state index in [9.17, 15) is 13.2 Å². The van der Waals surface area contributed by atoms with Crippen molar-refractivity contribution in [2.45, 2.75) is 114 Å². The van der Waals surface area contributed by atoms with E-state index in [1.807, 2.05) is 25.7 Å². The van der Waals surface area contributed by atoms with Crippen LogP contribution in [0.15, 0.2) is 23.1 Å². The molecule has 2 atom stereocenters. The molecule has 0 aromatic heterocycles. The van der Waals surface area contributed by atoms with Gasteiger partial charge in [-0.15, -0.1) is 0 Å². The van der Waals surface area contributed by atoms with Gasteiger partial charge in [0, 0.05) is 18.3 Å². The van der Waals surface area contributed by atoms with Crippen LogP contribution in [0.5, 0.6) is 5.75 Å². The van der Waals surface area contributed by atoms with E-state index in [0.29, 0.717) is 12.1 Å². The summed E-state index contributed by atoms with van der Waals surface area (Å²) >= 11 is 0. The summed E-state index contributed by atoms with van der Waals surface area (Å²) in [5, 5.41) is 26.5. The van der Waals surface area contributed by atoms with Crippen LogP contribution in [0.4, 0.5) is 4.79 Å². The summed E-state index contributed by atoms with van der Waals surface area (Å²) in [6.07, 6.45) is 12.8. The highest BCUT2D eigenvalue weighted by molar-refractivity contribution is 7.90. The number of nitriles is 1. The van der Waals surface area contributed by atoms with Crippen LogP contribution in [0.1, 0.15) is 90.5 Å². The first kappa shape index (κ1) is 28.9. The predicted molar refractivity (Wildman–Crippen MR) is 134 cm³/mol. The van der Waals surface area contributed by atoms with Crippen molar-refractivity contribution < 1.29 is 28.2 Å². The molecule has 1 amide bonds. The van der Waals surface area contributed by atoms with Gasteiger partial charge in [0.15, 0.2) is 9.84 Å². The molecule has 1 aromatic rings. The Kier molecular flexibility index (Phi) is 10.4. The third kappa shape index (κ3) is 9.34. The summed E-state index contributed by atoms with van der Waals surface area (Å²) < 4.78 is 27.5. The van der Waals surface area contributed by atoms with E-state index < -0.39 is 9.84 Å². The second-order valence-electron chi connectivity index (χ2n) is 10.6. The minimum atomic E-state index is -3.31. The van der Waals surface area contributed by atoms with Crippen LogP contribution >= 0.6 is 0 Å². The summed E-state index contributed by atoms with van der Waals surface area (Å²) in [7, 11) is -3.31. The van der Waals surface area contributed by atoms with Gasteiger partial charge in [-0.25, -0.2) is 13.2 Å². The number of fused-ring (bicyclic) bond motifs is 2. The lowest BCUT2D eigenvalue weighted by Gasteiger charge is -2.35. The molecule has 9 heteroatoms. The van der Waals surface area contributed by atoms with Gasteiger partial charge in [-0.3, -0.25) is 0 Å². The van der Waals surface area contributed by atoms with Crippen molar-refractivity contribution in [3.05, 3.63) is 23.8 Å². The Morgan fingerprint density at radius 2 is 1.60 bits per heavy atom. The number of sulfone groups is 1. The average Bonchev–Trinajstić information content (AvgIpc) is 3.02. The number of carbonyl (C=O) groups is 1. The molecule has 1 aromatic carbocycles. The highest BCUT2D eigenvalue weighted by Gasteiger charge is 2.41. The van der Waals surface area contributed by atoms with Gasteiger partial charge in [0.2, 0.25) is 0 Å². The first-order valence-corrected chi connectivity index (χ1v) is 14.3. The molecule has 0 spiro atoms. The highest BCUT2D eigenvalue weighted by atomic mass is 32.2. The molecule has 35 heavy (non-hydrogen) atoms. The quantitative estimate of drug-likeness (QED) is 0.551. The molecule has 2 aliphatic heterocycles. The second-order valence-corrected chi connectivity index (χ2v) is 12.6. The number of ether oxygens (including phenoxy) is 1. The number of benzene rings is 1. The van der Waals surface area contributed by atoms with Crippen molar-refractivity contribution in [1.82, 2.24) is 4.90 Å². The predicted octanol–water partition coefficient (Wildman–Crippen LogP) is 4.92. The van der Waals surface area contributed by atoms with Gasteiger partial charge in [0.05, 0.1) is 16.6 Å². The average molecular weight is 509 g/mol. The van der Waals surface area contributed by atoms with Crippen molar-refractivity contribution in [2.75, 3.05) is 6.26 Å². The number of piperidine rings is 1. The fourth-order valence-electron chi connectivity index (χ4n) is 4.65. The summed E-state index contributed by atoms with van der Waals surface area (Å²) in [6.45, 7) is 5.78. The topological polar surface area (TPSA) is 128 Å². The summed E-state index contributed by atoms with van der Waals surface area (Å²) in [5.41, 5.74) is -0.406. The standard InChI is InChI=1S/C12H21NO2.C8H7NO3S.C6H12O/c1-12(2,3)15-11(14)13-9-5-4-6-10(13)8-7-9;1-13(11,12)7-2-3-8(10)6(4-7)5-9;7-6-4-2-1-3-5-6/h9-10H,4-8H2,1-3H3;2-4,10H,1H3;6-7H,1-5H2. The van der Waals surface area contributed by atoms with Crippen LogP contribution in [-0.2, 0) is 14.6 Å². The zero-order valence-corrected chi connectivity index (χ0v) is 22.2. The number of phenols is 1. The van der Waals surface area contributed by atoms with E-state index in [1.165, 1.54) is 50.7 Å². The molecule has 196 valence electrons. The Balaban J connectivity index is 0.000000197. The minimum absolute atomic E-state index is 0.0295. The van der Waals surface area contributed by atoms with Crippen LogP contribution in [0, 0.1) is 11.3 Å². The zero-order valence-electron chi connectivity index (χ0n) is 21.4. The Hall–Kier alpha value is -2.31. The first-order chi connectivity index (χ1) is 16.3. The molecule has 1 saturated carbocycles. The number of aromatic hydroxyl groups is 1. The summed E-state index contributed by atoms with van der Waals surface area (Å²) in [4.78, 5) is 14.0. The molecule has 2 heterocycles. The van der Waals surface area contributed by atoms with E-state index in [0.717, 1.165) is 38.0 Å². The number of phenolic OH excluding ortho intramolecular Hbond substituents is 1. The lowest BCUT2D eigenvalue weighted by atomic mass is 9.98. The molecule has 2 N–H and O–H groups in total. The van der Waals surface area contributed by atoms with Crippen LogP contribution in [0.25, 0.3) is 0 Å². The van der Waals surface area contributed by atoms with E-state index in [2.05, 4.69) is 0 Å². The monoisotopic (exact) mass is 508 g/mol. The fraction of sp³-hybridized carbons (Fsp3) is 0.692. The van der Waals surface area contributed by atoms with Gasteiger partial charge in [-0.2, -0.15) is 5.26 Å². The van der Waals surface area contributed by atoms with Crippen LogP contribution in [0.3, 0.4) is 0 Å². The molecule has 2 saturated heterocycles. The Labute approximate surface area is 209 Å². The maximum absolute atomic E-state index is 12.0. The number of rotatable bonds is 1. The lowest BCUT2D eigenvalue weighted by molar-refractivity contribution is 0.00782. The maximum Gasteiger partial charge on any atom is 0.410 e. The molecular formula is C26H40N2O6S. The number of hydrogen-bond donors (Lipinski definition) is 2. The van der Waals surface area contributed by atoms with Crippen molar-refractivity contribution in [3.63, 3.8) is 0 Å².